The lowest BCUT2D eigenvalue weighted by Gasteiger charge is -2.33. The van der Waals surface area contributed by atoms with Crippen molar-refractivity contribution in [3.8, 4) is 17.1 Å². The molecule has 24 heavy (non-hydrogen) atoms. The maximum atomic E-state index is 11.7. The highest BCUT2D eigenvalue weighted by atomic mass is 16.6. The van der Waals surface area contributed by atoms with Crippen molar-refractivity contribution in [3.05, 3.63) is 30.3 Å². The largest absolute Gasteiger partial charge is 0.497 e. The predicted molar refractivity (Wildman–Crippen MR) is 89.3 cm³/mol. The van der Waals surface area contributed by atoms with E-state index in [-0.39, 0.29) is 6.09 Å². The van der Waals surface area contributed by atoms with Gasteiger partial charge in [-0.05, 0) is 31.2 Å². The Labute approximate surface area is 140 Å². The highest BCUT2D eigenvalue weighted by Crippen LogP contribution is 2.26. The molecule has 1 aromatic carbocycles. The van der Waals surface area contributed by atoms with E-state index >= 15 is 0 Å². The monoisotopic (exact) mass is 331 g/mol. The van der Waals surface area contributed by atoms with Crippen molar-refractivity contribution in [1.82, 2.24) is 10.1 Å². The zero-order valence-electron chi connectivity index (χ0n) is 13.9. The molecule has 0 aliphatic carbocycles. The quantitative estimate of drug-likeness (QED) is 0.858. The number of nitrogens with zero attached hydrogens (tertiary/aromatic N) is 3. The van der Waals surface area contributed by atoms with Gasteiger partial charge in [-0.3, -0.25) is 0 Å². The fourth-order valence-electron chi connectivity index (χ4n) is 2.64. The van der Waals surface area contributed by atoms with Crippen molar-refractivity contribution in [2.24, 2.45) is 0 Å². The number of benzene rings is 1. The molecule has 1 aliphatic rings. The summed E-state index contributed by atoms with van der Waals surface area (Å²) < 4.78 is 15.6. The van der Waals surface area contributed by atoms with E-state index in [0.29, 0.717) is 38.5 Å². The second-order valence-corrected chi connectivity index (χ2v) is 5.45. The molecule has 0 unspecified atom stereocenters. The van der Waals surface area contributed by atoms with Crippen LogP contribution in [0.1, 0.15) is 6.92 Å². The second-order valence-electron chi connectivity index (χ2n) is 5.45. The van der Waals surface area contributed by atoms with Gasteiger partial charge in [0.25, 0.3) is 0 Å². The van der Waals surface area contributed by atoms with Gasteiger partial charge < -0.3 is 23.8 Å². The zero-order valence-corrected chi connectivity index (χ0v) is 13.9. The van der Waals surface area contributed by atoms with Crippen molar-refractivity contribution in [2.45, 2.75) is 6.92 Å². The molecule has 0 saturated carbocycles. The third-order valence-electron chi connectivity index (χ3n) is 4.00. The number of hydrogen-bond acceptors (Lipinski definition) is 6. The standard InChI is InChI=1S/C17H21N3O4/c1-3-23-17(21)20-10-8-19(9-11-20)16-12-15(24-18-16)13-4-6-14(22-2)7-5-13/h4-7,12H,3,8-11H2,1-2H3. The Morgan fingerprint density at radius 3 is 2.54 bits per heavy atom. The minimum absolute atomic E-state index is 0.253. The third-order valence-corrected chi connectivity index (χ3v) is 4.00. The number of carbonyl (C=O) groups is 1. The van der Waals surface area contributed by atoms with Gasteiger partial charge in [-0.25, -0.2) is 4.79 Å². The molecule has 0 spiro atoms. The first kappa shape index (κ1) is 16.2. The first-order valence-corrected chi connectivity index (χ1v) is 7.99. The van der Waals surface area contributed by atoms with Crippen LogP contribution < -0.4 is 9.64 Å². The third kappa shape index (κ3) is 3.45. The molecule has 0 bridgehead atoms. The number of aromatic nitrogens is 1. The Balaban J connectivity index is 1.63. The van der Waals surface area contributed by atoms with Crippen LogP contribution in [-0.4, -0.2) is 56.0 Å². The van der Waals surface area contributed by atoms with E-state index in [1.165, 1.54) is 0 Å². The number of hydrogen-bond donors (Lipinski definition) is 0. The minimum atomic E-state index is -0.253. The molecule has 1 saturated heterocycles. The first-order valence-electron chi connectivity index (χ1n) is 7.99. The summed E-state index contributed by atoms with van der Waals surface area (Å²) in [7, 11) is 1.64. The SMILES string of the molecule is CCOC(=O)N1CCN(c2cc(-c3ccc(OC)cc3)on2)CC1. The lowest BCUT2D eigenvalue weighted by atomic mass is 10.1. The van der Waals surface area contributed by atoms with E-state index in [0.717, 1.165) is 17.1 Å². The zero-order chi connectivity index (χ0) is 16.9. The number of carbonyl (C=O) groups excluding carboxylic acids is 1. The average molecular weight is 331 g/mol. The maximum absolute atomic E-state index is 11.7. The van der Waals surface area contributed by atoms with Gasteiger partial charge in [-0.1, -0.05) is 5.16 Å². The van der Waals surface area contributed by atoms with Crippen LogP contribution in [-0.2, 0) is 4.74 Å². The Morgan fingerprint density at radius 1 is 1.21 bits per heavy atom. The summed E-state index contributed by atoms with van der Waals surface area (Å²) in [5.41, 5.74) is 0.944. The summed E-state index contributed by atoms with van der Waals surface area (Å²) in [5.74, 6) is 2.29. The Morgan fingerprint density at radius 2 is 1.92 bits per heavy atom. The Bertz CT molecular complexity index is 675. The summed E-state index contributed by atoms with van der Waals surface area (Å²) in [6.45, 7) is 4.84. The molecule has 0 atom stereocenters. The lowest BCUT2D eigenvalue weighted by Crippen LogP contribution is -2.49. The molecule has 1 fully saturated rings. The normalized spacial score (nSPS) is 14.6. The molecule has 7 nitrogen and oxygen atoms in total. The van der Waals surface area contributed by atoms with Crippen molar-refractivity contribution >= 4 is 11.9 Å². The van der Waals surface area contributed by atoms with Gasteiger partial charge in [-0.15, -0.1) is 0 Å². The molecule has 2 aromatic rings. The maximum Gasteiger partial charge on any atom is 0.409 e. The summed E-state index contributed by atoms with van der Waals surface area (Å²) in [5, 5.41) is 4.15. The summed E-state index contributed by atoms with van der Waals surface area (Å²) in [4.78, 5) is 15.5. The van der Waals surface area contributed by atoms with Gasteiger partial charge in [0.1, 0.15) is 5.75 Å². The molecule has 0 radical (unpaired) electrons. The Kier molecular flexibility index (Phi) is 4.88. The molecule has 1 amide bonds. The molecule has 128 valence electrons. The molecule has 1 aliphatic heterocycles. The van der Waals surface area contributed by atoms with Crippen LogP contribution >= 0.6 is 0 Å². The first-order chi connectivity index (χ1) is 11.7. The number of amides is 1. The van der Waals surface area contributed by atoms with Gasteiger partial charge in [0, 0.05) is 37.8 Å². The predicted octanol–water partition coefficient (Wildman–Crippen LogP) is 2.63. The molecular formula is C17H21N3O4. The number of anilines is 1. The molecular weight excluding hydrogens is 310 g/mol. The lowest BCUT2D eigenvalue weighted by molar-refractivity contribution is 0.105. The van der Waals surface area contributed by atoms with Crippen LogP contribution in [0.25, 0.3) is 11.3 Å². The summed E-state index contributed by atoms with van der Waals surface area (Å²) in [6.07, 6.45) is -0.253. The second kappa shape index (κ2) is 7.25. The van der Waals surface area contributed by atoms with Gasteiger partial charge in [0.15, 0.2) is 11.6 Å². The highest BCUT2D eigenvalue weighted by Gasteiger charge is 2.23. The molecule has 7 heteroatoms. The van der Waals surface area contributed by atoms with Crippen LogP contribution in [0.5, 0.6) is 5.75 Å². The molecule has 1 aromatic heterocycles. The van der Waals surface area contributed by atoms with E-state index in [9.17, 15) is 4.79 Å². The van der Waals surface area contributed by atoms with E-state index < -0.39 is 0 Å². The van der Waals surface area contributed by atoms with Crippen molar-refractivity contribution in [1.29, 1.82) is 0 Å². The van der Waals surface area contributed by atoms with Gasteiger partial charge in [-0.2, -0.15) is 0 Å². The van der Waals surface area contributed by atoms with Gasteiger partial charge in [0.05, 0.1) is 13.7 Å². The molecule has 0 N–H and O–H groups in total. The van der Waals surface area contributed by atoms with Crippen LogP contribution in [0.4, 0.5) is 10.6 Å². The topological polar surface area (TPSA) is 68.0 Å². The number of ether oxygens (including phenoxy) is 2. The fourth-order valence-corrected chi connectivity index (χ4v) is 2.64. The van der Waals surface area contributed by atoms with Crippen LogP contribution in [0.2, 0.25) is 0 Å². The minimum Gasteiger partial charge on any atom is -0.497 e. The average Bonchev–Trinajstić information content (AvgIpc) is 3.12. The summed E-state index contributed by atoms with van der Waals surface area (Å²) in [6, 6.07) is 9.55. The smallest absolute Gasteiger partial charge is 0.409 e. The van der Waals surface area contributed by atoms with E-state index in [4.69, 9.17) is 14.0 Å². The van der Waals surface area contributed by atoms with Crippen molar-refractivity contribution in [3.63, 3.8) is 0 Å². The van der Waals surface area contributed by atoms with Crippen LogP contribution in [0.3, 0.4) is 0 Å². The highest BCUT2D eigenvalue weighted by molar-refractivity contribution is 5.68. The van der Waals surface area contributed by atoms with Crippen LogP contribution in [0, 0.1) is 0 Å². The van der Waals surface area contributed by atoms with Crippen molar-refractivity contribution < 1.29 is 18.8 Å². The Hall–Kier alpha value is -2.70. The van der Waals surface area contributed by atoms with E-state index in [1.54, 1.807) is 12.0 Å². The number of rotatable bonds is 4. The molecule has 3 rings (SSSR count). The van der Waals surface area contributed by atoms with E-state index in [1.807, 2.05) is 37.3 Å². The number of piperazine rings is 1. The van der Waals surface area contributed by atoms with Gasteiger partial charge >= 0.3 is 6.09 Å². The van der Waals surface area contributed by atoms with Crippen molar-refractivity contribution in [2.75, 3.05) is 44.8 Å². The van der Waals surface area contributed by atoms with Gasteiger partial charge in [0.2, 0.25) is 0 Å². The van der Waals surface area contributed by atoms with E-state index in [2.05, 4.69) is 10.1 Å². The number of methoxy groups -OCH3 is 1. The summed E-state index contributed by atoms with van der Waals surface area (Å²) >= 11 is 0. The molecule has 2 heterocycles. The fraction of sp³-hybridized carbons (Fsp3) is 0.412. The van der Waals surface area contributed by atoms with Crippen LogP contribution in [0.15, 0.2) is 34.9 Å².